The van der Waals surface area contributed by atoms with Gasteiger partial charge >= 0.3 is 0 Å². The summed E-state index contributed by atoms with van der Waals surface area (Å²) in [5.74, 6) is 1.18. The average Bonchev–Trinajstić information content (AvgIpc) is 2.67. The van der Waals surface area contributed by atoms with E-state index in [1.54, 1.807) is 0 Å². The summed E-state index contributed by atoms with van der Waals surface area (Å²) in [6.45, 7) is 2.95. The number of carbonyl (C=O) groups excluding carboxylic acids is 1. The van der Waals surface area contributed by atoms with Gasteiger partial charge in [-0.05, 0) is 37.8 Å². The highest BCUT2D eigenvalue weighted by Gasteiger charge is 2.26. The van der Waals surface area contributed by atoms with Crippen molar-refractivity contribution in [1.82, 2.24) is 14.9 Å². The van der Waals surface area contributed by atoms with Crippen molar-refractivity contribution in [3.63, 3.8) is 0 Å². The molecule has 1 N–H and O–H groups in total. The first-order valence-electron chi connectivity index (χ1n) is 7.55. The number of nitrogens with one attached hydrogen (secondary N) is 1. The molecule has 1 aromatic heterocycles. The molecule has 0 radical (unpaired) electrons. The maximum Gasteiger partial charge on any atom is 0.243 e. The summed E-state index contributed by atoms with van der Waals surface area (Å²) in [6.07, 6.45) is 5.01. The second kappa shape index (κ2) is 5.65. The Labute approximate surface area is 119 Å². The molecule has 3 rings (SSSR count). The first-order chi connectivity index (χ1) is 9.81. The van der Waals surface area contributed by atoms with Gasteiger partial charge in [-0.1, -0.05) is 19.1 Å². The maximum absolute atomic E-state index is 12.4. The van der Waals surface area contributed by atoms with Crippen molar-refractivity contribution in [1.29, 1.82) is 0 Å². The first-order valence-corrected chi connectivity index (χ1v) is 7.55. The van der Waals surface area contributed by atoms with Gasteiger partial charge in [0.05, 0.1) is 11.0 Å². The number of hydrogen-bond acceptors (Lipinski definition) is 2. The third-order valence-electron chi connectivity index (χ3n) is 3.96. The summed E-state index contributed by atoms with van der Waals surface area (Å²) in [4.78, 5) is 17.1. The van der Waals surface area contributed by atoms with Gasteiger partial charge in [0.15, 0.2) is 0 Å². The zero-order valence-electron chi connectivity index (χ0n) is 11.9. The second-order valence-corrected chi connectivity index (χ2v) is 5.44. The third kappa shape index (κ3) is 2.30. The van der Waals surface area contributed by atoms with Gasteiger partial charge in [-0.25, -0.2) is 4.98 Å². The fourth-order valence-corrected chi connectivity index (χ4v) is 3.01. The van der Waals surface area contributed by atoms with Gasteiger partial charge < -0.3 is 9.88 Å². The molecule has 0 spiro atoms. The van der Waals surface area contributed by atoms with E-state index < -0.39 is 0 Å². The molecule has 1 unspecified atom stereocenters. The van der Waals surface area contributed by atoms with Crippen molar-refractivity contribution >= 4 is 16.9 Å². The monoisotopic (exact) mass is 271 g/mol. The van der Waals surface area contributed by atoms with E-state index in [0.717, 1.165) is 55.5 Å². The topological polar surface area (TPSA) is 46.9 Å². The lowest BCUT2D eigenvalue weighted by Crippen LogP contribution is -2.31. The van der Waals surface area contributed by atoms with Crippen LogP contribution in [0.3, 0.4) is 0 Å². The summed E-state index contributed by atoms with van der Waals surface area (Å²) >= 11 is 0. The molecular formula is C16H21N3O. The number of para-hydroxylation sites is 2. The van der Waals surface area contributed by atoms with E-state index in [2.05, 4.69) is 22.9 Å². The smallest absolute Gasteiger partial charge is 0.243 e. The van der Waals surface area contributed by atoms with Crippen molar-refractivity contribution in [2.24, 2.45) is 0 Å². The number of benzene rings is 1. The van der Waals surface area contributed by atoms with E-state index in [0.29, 0.717) is 0 Å². The fraction of sp³-hybridized carbons (Fsp3) is 0.500. The van der Waals surface area contributed by atoms with E-state index in [4.69, 9.17) is 4.98 Å². The third-order valence-corrected chi connectivity index (χ3v) is 3.96. The summed E-state index contributed by atoms with van der Waals surface area (Å²) in [5, 5.41) is 3.03. The molecule has 1 atom stereocenters. The van der Waals surface area contributed by atoms with Crippen LogP contribution in [0.5, 0.6) is 0 Å². The Morgan fingerprint density at radius 1 is 1.35 bits per heavy atom. The molecule has 1 amide bonds. The predicted molar refractivity (Wildman–Crippen MR) is 79.6 cm³/mol. The average molecular weight is 271 g/mol. The van der Waals surface area contributed by atoms with Crippen LogP contribution in [0.25, 0.3) is 11.0 Å². The molecule has 0 saturated carbocycles. The summed E-state index contributed by atoms with van der Waals surface area (Å²) in [5.41, 5.74) is 2.07. The van der Waals surface area contributed by atoms with Crippen LogP contribution in [0.15, 0.2) is 24.3 Å². The molecule has 106 valence electrons. The number of nitrogens with zero attached hydrogens (tertiary/aromatic N) is 2. The van der Waals surface area contributed by atoms with Crippen LogP contribution in [0.2, 0.25) is 0 Å². The lowest BCUT2D eigenvalue weighted by atomic mass is 10.1. The van der Waals surface area contributed by atoms with E-state index in [9.17, 15) is 4.79 Å². The van der Waals surface area contributed by atoms with Gasteiger partial charge in [0.25, 0.3) is 0 Å². The maximum atomic E-state index is 12.4. The predicted octanol–water partition coefficient (Wildman–Crippen LogP) is 2.83. The van der Waals surface area contributed by atoms with Crippen LogP contribution in [0, 0.1) is 0 Å². The van der Waals surface area contributed by atoms with E-state index in [1.807, 2.05) is 18.2 Å². The largest absolute Gasteiger partial charge is 0.354 e. The number of imidazole rings is 1. The van der Waals surface area contributed by atoms with Crippen LogP contribution in [-0.4, -0.2) is 22.0 Å². The van der Waals surface area contributed by atoms with Crippen LogP contribution in [0.1, 0.15) is 44.5 Å². The number of carbonyl (C=O) groups is 1. The fourth-order valence-electron chi connectivity index (χ4n) is 3.01. The highest BCUT2D eigenvalue weighted by atomic mass is 16.2. The van der Waals surface area contributed by atoms with E-state index in [1.165, 1.54) is 0 Å². The Morgan fingerprint density at radius 3 is 3.05 bits per heavy atom. The van der Waals surface area contributed by atoms with Crippen molar-refractivity contribution in [2.75, 3.05) is 6.54 Å². The number of hydrogen-bond donors (Lipinski definition) is 1. The van der Waals surface area contributed by atoms with Crippen LogP contribution >= 0.6 is 0 Å². The lowest BCUT2D eigenvalue weighted by molar-refractivity contribution is -0.124. The Bertz CT molecular complexity index is 617. The Hall–Kier alpha value is -1.84. The Kier molecular flexibility index (Phi) is 3.72. The summed E-state index contributed by atoms with van der Waals surface area (Å²) < 4.78 is 2.17. The molecule has 1 aromatic carbocycles. The van der Waals surface area contributed by atoms with Gasteiger partial charge in [0.2, 0.25) is 5.91 Å². The lowest BCUT2D eigenvalue weighted by Gasteiger charge is -2.18. The van der Waals surface area contributed by atoms with E-state index in [-0.39, 0.29) is 11.9 Å². The molecule has 1 aliphatic rings. The molecule has 0 bridgehead atoms. The zero-order valence-corrected chi connectivity index (χ0v) is 11.9. The molecular weight excluding hydrogens is 250 g/mol. The molecule has 0 aliphatic carbocycles. The number of aromatic nitrogens is 2. The van der Waals surface area contributed by atoms with Gasteiger partial charge in [0.1, 0.15) is 11.9 Å². The molecule has 20 heavy (non-hydrogen) atoms. The number of rotatable bonds is 3. The SMILES string of the molecule is CCCc1nc2ccccc2n1C1CCCCNC1=O. The van der Waals surface area contributed by atoms with Gasteiger partial charge in [-0.3, -0.25) is 4.79 Å². The Morgan fingerprint density at radius 2 is 2.20 bits per heavy atom. The normalized spacial score (nSPS) is 19.9. The highest BCUT2D eigenvalue weighted by molar-refractivity contribution is 5.84. The van der Waals surface area contributed by atoms with Gasteiger partial charge in [0, 0.05) is 13.0 Å². The molecule has 1 fully saturated rings. The molecule has 1 aliphatic heterocycles. The second-order valence-electron chi connectivity index (χ2n) is 5.44. The molecule has 1 saturated heterocycles. The minimum absolute atomic E-state index is 0.105. The number of fused-ring (bicyclic) bond motifs is 1. The highest BCUT2D eigenvalue weighted by Crippen LogP contribution is 2.26. The van der Waals surface area contributed by atoms with Crippen LogP contribution in [-0.2, 0) is 11.2 Å². The summed E-state index contributed by atoms with van der Waals surface area (Å²) in [6, 6.07) is 8.01. The quantitative estimate of drug-likeness (QED) is 0.933. The Balaban J connectivity index is 2.11. The van der Waals surface area contributed by atoms with Crippen molar-refractivity contribution < 1.29 is 4.79 Å². The molecule has 4 nitrogen and oxygen atoms in total. The first kappa shape index (κ1) is 13.2. The van der Waals surface area contributed by atoms with Crippen LogP contribution < -0.4 is 5.32 Å². The zero-order chi connectivity index (χ0) is 13.9. The number of amides is 1. The molecule has 2 aromatic rings. The minimum atomic E-state index is -0.105. The molecule has 4 heteroatoms. The van der Waals surface area contributed by atoms with Gasteiger partial charge in [-0.2, -0.15) is 0 Å². The summed E-state index contributed by atoms with van der Waals surface area (Å²) in [7, 11) is 0. The van der Waals surface area contributed by atoms with Crippen molar-refractivity contribution in [2.45, 2.75) is 45.1 Å². The van der Waals surface area contributed by atoms with Crippen LogP contribution in [0.4, 0.5) is 0 Å². The van der Waals surface area contributed by atoms with Crippen molar-refractivity contribution in [3.05, 3.63) is 30.1 Å². The van der Waals surface area contributed by atoms with Gasteiger partial charge in [-0.15, -0.1) is 0 Å². The van der Waals surface area contributed by atoms with E-state index >= 15 is 0 Å². The minimum Gasteiger partial charge on any atom is -0.354 e. The van der Waals surface area contributed by atoms with Crippen molar-refractivity contribution in [3.8, 4) is 0 Å². The molecule has 2 heterocycles. The number of aryl methyl sites for hydroxylation is 1. The standard InChI is InChI=1S/C16H21N3O/c1-2-7-15-18-12-8-3-4-9-13(12)19(15)14-10-5-6-11-17-16(14)20/h3-4,8-9,14H,2,5-7,10-11H2,1H3,(H,17,20).